The Balaban J connectivity index is 3.97. The van der Waals surface area contributed by atoms with Crippen LogP contribution < -0.4 is 5.73 Å². The van der Waals surface area contributed by atoms with E-state index in [0.29, 0.717) is 13.0 Å². The quantitative estimate of drug-likeness (QED) is 0.0268. The fourth-order valence-electron chi connectivity index (χ4n) is 7.00. The molecule has 0 aliphatic rings. The smallest absolute Gasteiger partial charge is 0.457 e. The third-order valence-electron chi connectivity index (χ3n) is 10.8. The summed E-state index contributed by atoms with van der Waals surface area (Å²) in [6.45, 7) is 4.77. The van der Waals surface area contributed by atoms with Crippen LogP contribution in [0.25, 0.3) is 0 Å². The number of rotatable bonds is 49. The van der Waals surface area contributed by atoms with Gasteiger partial charge in [0.05, 0.1) is 19.8 Å². The number of allylic oxidation sites excluding steroid dienone is 14. The maximum atomic E-state index is 12.7. The Morgan fingerprint density at radius 2 is 0.875 bits per heavy atom. The lowest BCUT2D eigenvalue weighted by atomic mass is 10.1. The Morgan fingerprint density at radius 1 is 0.484 bits per heavy atom. The Hall–Kier alpha value is -2.32. The van der Waals surface area contributed by atoms with E-state index in [1.807, 2.05) is 0 Å². The normalized spacial score (nSPS) is 14.0. The summed E-state index contributed by atoms with van der Waals surface area (Å²) in [5, 5.41) is 0. The zero-order valence-corrected chi connectivity index (χ0v) is 42.1. The molecular weight excluding hydrogens is 818 g/mol. The second kappa shape index (κ2) is 51.7. The van der Waals surface area contributed by atoms with Crippen LogP contribution in [-0.2, 0) is 27.9 Å². The minimum atomic E-state index is -4.29. The number of esters is 1. The van der Waals surface area contributed by atoms with Crippen molar-refractivity contribution in [3.63, 3.8) is 0 Å². The maximum Gasteiger partial charge on any atom is 0.472 e. The van der Waals surface area contributed by atoms with E-state index < -0.39 is 13.9 Å². The third kappa shape index (κ3) is 50.7. The van der Waals surface area contributed by atoms with Gasteiger partial charge in [0.25, 0.3) is 0 Å². The number of carbonyl (C=O) groups is 1. The number of hydrogen-bond acceptors (Lipinski definition) is 7. The molecule has 9 heteroatoms. The molecule has 0 aromatic carbocycles. The number of carbonyl (C=O) groups excluding carboxylic acids is 1. The van der Waals surface area contributed by atoms with Crippen molar-refractivity contribution in [2.75, 3.05) is 33.0 Å². The lowest BCUT2D eigenvalue weighted by Crippen LogP contribution is -2.28. The summed E-state index contributed by atoms with van der Waals surface area (Å²) < 4.78 is 33.6. The summed E-state index contributed by atoms with van der Waals surface area (Å²) in [5.74, 6) is -0.347. The predicted octanol–water partition coefficient (Wildman–Crippen LogP) is 16.4. The summed E-state index contributed by atoms with van der Waals surface area (Å²) in [4.78, 5) is 22.6. The monoisotopic (exact) mass is 916 g/mol. The van der Waals surface area contributed by atoms with Gasteiger partial charge < -0.3 is 20.1 Å². The first-order valence-electron chi connectivity index (χ1n) is 26.1. The SMILES string of the molecule is CC/C=C\C/C=C\C/C=C\C/C=C\CCCCCCCCC(=O)OC(COCCCCCCCCCCCCC/C=C\C/C=C\C/C=C\CCCCCCC)COP(=O)(O)OCCN. The lowest BCUT2D eigenvalue weighted by molar-refractivity contribution is -0.154. The van der Waals surface area contributed by atoms with Crippen molar-refractivity contribution in [3.05, 3.63) is 85.1 Å². The van der Waals surface area contributed by atoms with Crippen LogP contribution >= 0.6 is 7.82 Å². The van der Waals surface area contributed by atoms with Crippen LogP contribution in [0.2, 0.25) is 0 Å². The zero-order chi connectivity index (χ0) is 46.5. The van der Waals surface area contributed by atoms with Gasteiger partial charge in [0, 0.05) is 19.6 Å². The van der Waals surface area contributed by atoms with E-state index in [1.54, 1.807) is 0 Å². The van der Waals surface area contributed by atoms with Crippen molar-refractivity contribution in [1.82, 2.24) is 0 Å². The zero-order valence-electron chi connectivity index (χ0n) is 41.2. The molecule has 0 bridgehead atoms. The van der Waals surface area contributed by atoms with Crippen LogP contribution in [0, 0.1) is 0 Å². The molecule has 0 radical (unpaired) electrons. The molecule has 0 rings (SSSR count). The van der Waals surface area contributed by atoms with Crippen molar-refractivity contribution in [2.45, 2.75) is 225 Å². The number of phosphoric acid groups is 1. The molecular formula is C55H98NO7P. The van der Waals surface area contributed by atoms with Crippen LogP contribution in [0.4, 0.5) is 0 Å². The van der Waals surface area contributed by atoms with Crippen molar-refractivity contribution in [1.29, 1.82) is 0 Å². The molecule has 0 heterocycles. The maximum absolute atomic E-state index is 12.7. The van der Waals surface area contributed by atoms with E-state index in [2.05, 4.69) is 98.9 Å². The van der Waals surface area contributed by atoms with Crippen molar-refractivity contribution in [3.8, 4) is 0 Å². The van der Waals surface area contributed by atoms with E-state index in [-0.39, 0.29) is 32.3 Å². The first-order chi connectivity index (χ1) is 31.4. The van der Waals surface area contributed by atoms with Crippen LogP contribution in [0.15, 0.2) is 85.1 Å². The third-order valence-corrected chi connectivity index (χ3v) is 11.8. The van der Waals surface area contributed by atoms with Gasteiger partial charge in [0.1, 0.15) is 6.10 Å². The van der Waals surface area contributed by atoms with Crippen molar-refractivity contribution in [2.24, 2.45) is 5.73 Å². The molecule has 2 unspecified atom stereocenters. The number of ether oxygens (including phenoxy) is 2. The van der Waals surface area contributed by atoms with Crippen LogP contribution in [0.3, 0.4) is 0 Å². The van der Waals surface area contributed by atoms with Crippen LogP contribution in [0.1, 0.15) is 219 Å². The molecule has 8 nitrogen and oxygen atoms in total. The molecule has 0 aromatic heterocycles. The number of nitrogens with two attached hydrogens (primary N) is 1. The Labute approximate surface area is 394 Å². The Bertz CT molecular complexity index is 1260. The molecule has 0 aliphatic heterocycles. The molecule has 0 fully saturated rings. The van der Waals surface area contributed by atoms with Crippen molar-refractivity contribution >= 4 is 13.8 Å². The summed E-state index contributed by atoms with van der Waals surface area (Å²) in [5.41, 5.74) is 5.39. The summed E-state index contributed by atoms with van der Waals surface area (Å²) >= 11 is 0. The number of phosphoric ester groups is 1. The molecule has 0 aromatic rings. The second-order valence-electron chi connectivity index (χ2n) is 17.0. The lowest BCUT2D eigenvalue weighted by Gasteiger charge is -2.20. The standard InChI is InChI=1S/C55H98NO7P/c1-3-5-7-9-11-13-15-17-19-21-23-24-25-26-27-28-29-31-33-35-37-39-41-43-45-47-50-60-52-54(53-62-64(58,59)61-51-49-56)63-55(57)48-46-44-42-40-38-36-34-32-30-22-20-18-16-14-12-10-8-6-4-2/h6,8,12,14-15,17-18,20-21,23,25-26,30,32,54H,3-5,7,9-11,13,16,19,22,24,27-29,31,33-53,56H2,1-2H3,(H,58,59)/b8-6-,14-12-,17-15-,20-18-,23-21-,26-25-,32-30-. The van der Waals surface area contributed by atoms with Gasteiger partial charge >= 0.3 is 13.8 Å². The van der Waals surface area contributed by atoms with Crippen LogP contribution in [0.5, 0.6) is 0 Å². The van der Waals surface area contributed by atoms with E-state index >= 15 is 0 Å². The number of hydrogen-bond donors (Lipinski definition) is 2. The highest BCUT2D eigenvalue weighted by Crippen LogP contribution is 2.43. The molecule has 0 spiro atoms. The highest BCUT2D eigenvalue weighted by molar-refractivity contribution is 7.47. The molecule has 2 atom stereocenters. The van der Waals surface area contributed by atoms with Crippen molar-refractivity contribution < 1.29 is 32.8 Å². The minimum Gasteiger partial charge on any atom is -0.457 e. The largest absolute Gasteiger partial charge is 0.472 e. The van der Waals surface area contributed by atoms with Gasteiger partial charge in [-0.15, -0.1) is 0 Å². The highest BCUT2D eigenvalue weighted by atomic mass is 31.2. The van der Waals surface area contributed by atoms with Gasteiger partial charge in [-0.1, -0.05) is 208 Å². The topological polar surface area (TPSA) is 117 Å². The van der Waals surface area contributed by atoms with Crippen LogP contribution in [-0.4, -0.2) is 49.9 Å². The minimum absolute atomic E-state index is 0.0932. The molecule has 370 valence electrons. The highest BCUT2D eigenvalue weighted by Gasteiger charge is 2.25. The molecule has 0 saturated carbocycles. The average molecular weight is 916 g/mol. The van der Waals surface area contributed by atoms with E-state index in [4.69, 9.17) is 24.3 Å². The second-order valence-corrected chi connectivity index (χ2v) is 18.5. The van der Waals surface area contributed by atoms with E-state index in [0.717, 1.165) is 83.5 Å². The van der Waals surface area contributed by atoms with E-state index in [9.17, 15) is 14.3 Å². The summed E-state index contributed by atoms with van der Waals surface area (Å²) in [6.07, 6.45) is 67.6. The molecule has 64 heavy (non-hydrogen) atoms. The predicted molar refractivity (Wildman–Crippen MR) is 275 cm³/mol. The molecule has 0 amide bonds. The number of unbranched alkanes of at least 4 members (excludes halogenated alkanes) is 22. The first kappa shape index (κ1) is 61.7. The summed E-state index contributed by atoms with van der Waals surface area (Å²) in [6, 6.07) is 0. The van der Waals surface area contributed by atoms with Gasteiger partial charge in [-0.3, -0.25) is 13.8 Å². The Kier molecular flexibility index (Phi) is 49.8. The fraction of sp³-hybridized carbons (Fsp3) is 0.727. The Morgan fingerprint density at radius 3 is 1.31 bits per heavy atom. The van der Waals surface area contributed by atoms with Gasteiger partial charge in [-0.2, -0.15) is 0 Å². The molecule has 3 N–H and O–H groups in total. The van der Waals surface area contributed by atoms with Gasteiger partial charge in [0.15, 0.2) is 0 Å². The summed E-state index contributed by atoms with van der Waals surface area (Å²) in [7, 11) is -4.29. The van der Waals surface area contributed by atoms with E-state index in [1.165, 1.54) is 116 Å². The average Bonchev–Trinajstić information content (AvgIpc) is 3.29. The van der Waals surface area contributed by atoms with Gasteiger partial charge in [-0.25, -0.2) is 4.57 Å². The fourth-order valence-corrected chi connectivity index (χ4v) is 7.76. The van der Waals surface area contributed by atoms with Gasteiger partial charge in [-0.05, 0) is 89.9 Å². The first-order valence-corrected chi connectivity index (χ1v) is 27.6. The van der Waals surface area contributed by atoms with Gasteiger partial charge in [0.2, 0.25) is 0 Å². The molecule has 0 saturated heterocycles. The molecule has 0 aliphatic carbocycles.